The molecule has 0 aliphatic rings. The zero-order chi connectivity index (χ0) is 10.9. The number of hydrogen-bond acceptors (Lipinski definition) is 1. The summed E-state index contributed by atoms with van der Waals surface area (Å²) in [7, 11) is -1.69. The Hall–Kier alpha value is 0.467. The van der Waals surface area contributed by atoms with Crippen molar-refractivity contribution in [2.45, 2.75) is 58.3 Å². The first-order chi connectivity index (χ1) is 5.61. The van der Waals surface area contributed by atoms with Crippen LogP contribution in [0.1, 0.15) is 34.6 Å². The third-order valence-electron chi connectivity index (χ3n) is 3.45. The molecule has 0 rings (SSSR count). The SMILES string of the molecule is CC(Cl)O[Si](C)(C)C(C)(C)C(C)C. The lowest BCUT2D eigenvalue weighted by atomic mass is 9.99. The normalized spacial score (nSPS) is 16.4. The largest absolute Gasteiger partial charge is 0.401 e. The lowest BCUT2D eigenvalue weighted by Gasteiger charge is -2.43. The second kappa shape index (κ2) is 4.33. The molecule has 0 N–H and O–H groups in total. The molecular formula is C10H23ClOSi. The molecule has 80 valence electrons. The monoisotopic (exact) mass is 222 g/mol. The van der Waals surface area contributed by atoms with Gasteiger partial charge in [0, 0.05) is 0 Å². The molecule has 1 unspecified atom stereocenters. The predicted octanol–water partition coefficient (Wildman–Crippen LogP) is 4.23. The fourth-order valence-electron chi connectivity index (χ4n) is 1.25. The zero-order valence-corrected chi connectivity index (χ0v) is 11.7. The topological polar surface area (TPSA) is 9.23 Å². The molecule has 13 heavy (non-hydrogen) atoms. The summed E-state index contributed by atoms with van der Waals surface area (Å²) in [6, 6.07) is 0. The molecule has 0 amide bonds. The first-order valence-corrected chi connectivity index (χ1v) is 8.27. The molecule has 1 atom stereocenters. The predicted molar refractivity (Wildman–Crippen MR) is 62.8 cm³/mol. The highest BCUT2D eigenvalue weighted by molar-refractivity contribution is 6.74. The van der Waals surface area contributed by atoms with E-state index in [4.69, 9.17) is 16.0 Å². The van der Waals surface area contributed by atoms with Gasteiger partial charge in [-0.2, -0.15) is 0 Å². The molecule has 0 aromatic rings. The molecule has 1 nitrogen and oxygen atoms in total. The first kappa shape index (κ1) is 13.5. The van der Waals surface area contributed by atoms with Gasteiger partial charge in [0.25, 0.3) is 0 Å². The summed E-state index contributed by atoms with van der Waals surface area (Å²) in [6.45, 7) is 15.4. The van der Waals surface area contributed by atoms with Crippen molar-refractivity contribution in [1.82, 2.24) is 0 Å². The van der Waals surface area contributed by atoms with Crippen LogP contribution in [-0.2, 0) is 4.43 Å². The van der Waals surface area contributed by atoms with E-state index in [0.717, 1.165) is 0 Å². The number of rotatable bonds is 4. The molecule has 0 saturated heterocycles. The summed E-state index contributed by atoms with van der Waals surface area (Å²) in [5, 5.41) is 0.260. The second-order valence-corrected chi connectivity index (χ2v) is 10.2. The second-order valence-electron chi connectivity index (χ2n) is 5.05. The van der Waals surface area contributed by atoms with Gasteiger partial charge in [-0.15, -0.1) is 0 Å². The van der Waals surface area contributed by atoms with E-state index in [-0.39, 0.29) is 10.6 Å². The van der Waals surface area contributed by atoms with Crippen LogP contribution in [0.3, 0.4) is 0 Å². The lowest BCUT2D eigenvalue weighted by Crippen LogP contribution is -2.46. The molecule has 0 aliphatic heterocycles. The van der Waals surface area contributed by atoms with Gasteiger partial charge < -0.3 is 4.43 Å². The molecule has 0 saturated carbocycles. The minimum atomic E-state index is -1.69. The van der Waals surface area contributed by atoms with E-state index in [1.165, 1.54) is 0 Å². The molecule has 0 fully saturated rings. The average Bonchev–Trinajstić information content (AvgIpc) is 1.83. The maximum absolute atomic E-state index is 5.89. The molecule has 0 spiro atoms. The molecule has 3 heteroatoms. The number of alkyl halides is 1. The fourth-order valence-corrected chi connectivity index (χ4v) is 4.43. The lowest BCUT2D eigenvalue weighted by molar-refractivity contribution is 0.253. The fraction of sp³-hybridized carbons (Fsp3) is 1.00. The van der Waals surface area contributed by atoms with Gasteiger partial charge >= 0.3 is 0 Å². The van der Waals surface area contributed by atoms with Crippen LogP contribution in [0.5, 0.6) is 0 Å². The van der Waals surface area contributed by atoms with E-state index in [0.29, 0.717) is 5.92 Å². The maximum Gasteiger partial charge on any atom is 0.194 e. The van der Waals surface area contributed by atoms with E-state index in [1.54, 1.807) is 0 Å². The van der Waals surface area contributed by atoms with Gasteiger partial charge in [-0.25, -0.2) is 0 Å². The highest BCUT2D eigenvalue weighted by Gasteiger charge is 2.43. The summed E-state index contributed by atoms with van der Waals surface area (Å²) in [6.07, 6.45) is 0. The molecule has 0 aromatic carbocycles. The van der Waals surface area contributed by atoms with Gasteiger partial charge in [0.15, 0.2) is 8.32 Å². The zero-order valence-electron chi connectivity index (χ0n) is 9.94. The standard InChI is InChI=1S/C10H23ClOSi/c1-8(2)10(4,5)13(6,7)12-9(3)11/h8-9H,1-7H3. The minimum absolute atomic E-state index is 0.167. The Bertz CT molecular complexity index is 164. The van der Waals surface area contributed by atoms with E-state index in [1.807, 2.05) is 6.92 Å². The van der Waals surface area contributed by atoms with Gasteiger partial charge in [0.2, 0.25) is 0 Å². The number of halogens is 1. The van der Waals surface area contributed by atoms with E-state index in [2.05, 4.69) is 40.8 Å². The summed E-state index contributed by atoms with van der Waals surface area (Å²) in [5.74, 6) is 0.629. The van der Waals surface area contributed by atoms with Crippen LogP contribution in [0, 0.1) is 5.92 Å². The van der Waals surface area contributed by atoms with Gasteiger partial charge in [-0.3, -0.25) is 0 Å². The Morgan fingerprint density at radius 3 is 1.77 bits per heavy atom. The quantitative estimate of drug-likeness (QED) is 0.511. The maximum atomic E-state index is 5.89. The van der Waals surface area contributed by atoms with Crippen molar-refractivity contribution in [3.63, 3.8) is 0 Å². The summed E-state index contributed by atoms with van der Waals surface area (Å²) in [5.41, 5.74) is -0.167. The van der Waals surface area contributed by atoms with Crippen LogP contribution in [-0.4, -0.2) is 13.9 Å². The smallest absolute Gasteiger partial charge is 0.194 e. The first-order valence-electron chi connectivity index (χ1n) is 4.93. The van der Waals surface area contributed by atoms with E-state index in [9.17, 15) is 0 Å². The molecule has 0 aliphatic carbocycles. The van der Waals surface area contributed by atoms with Gasteiger partial charge in [0.1, 0.15) is 5.56 Å². The van der Waals surface area contributed by atoms with Crippen molar-refractivity contribution in [2.24, 2.45) is 5.92 Å². The van der Waals surface area contributed by atoms with Gasteiger partial charge in [-0.05, 0) is 31.0 Å². The van der Waals surface area contributed by atoms with Crippen LogP contribution in [0.2, 0.25) is 18.1 Å². The Balaban J connectivity index is 4.60. The molecular weight excluding hydrogens is 200 g/mol. The Morgan fingerprint density at radius 1 is 1.15 bits per heavy atom. The summed E-state index contributed by atoms with van der Waals surface area (Å²) < 4.78 is 5.87. The van der Waals surface area contributed by atoms with Crippen molar-refractivity contribution < 1.29 is 4.43 Å². The molecule has 0 bridgehead atoms. The van der Waals surface area contributed by atoms with Crippen LogP contribution in [0.25, 0.3) is 0 Å². The van der Waals surface area contributed by atoms with E-state index >= 15 is 0 Å². The van der Waals surface area contributed by atoms with Crippen molar-refractivity contribution in [2.75, 3.05) is 0 Å². The van der Waals surface area contributed by atoms with Crippen LogP contribution in [0.15, 0.2) is 0 Å². The molecule has 0 aromatic heterocycles. The van der Waals surface area contributed by atoms with Crippen LogP contribution >= 0.6 is 11.6 Å². The minimum Gasteiger partial charge on any atom is -0.401 e. The van der Waals surface area contributed by atoms with Crippen LogP contribution in [0.4, 0.5) is 0 Å². The highest BCUT2D eigenvalue weighted by Crippen LogP contribution is 2.45. The van der Waals surface area contributed by atoms with Crippen molar-refractivity contribution >= 4 is 19.9 Å². The Labute approximate surface area is 88.9 Å². The van der Waals surface area contributed by atoms with Crippen molar-refractivity contribution in [3.8, 4) is 0 Å². The number of hydrogen-bond donors (Lipinski definition) is 0. The molecule has 0 heterocycles. The third-order valence-corrected chi connectivity index (χ3v) is 8.31. The van der Waals surface area contributed by atoms with Crippen molar-refractivity contribution in [3.05, 3.63) is 0 Å². The van der Waals surface area contributed by atoms with Gasteiger partial charge in [-0.1, -0.05) is 39.3 Å². The summed E-state index contributed by atoms with van der Waals surface area (Å²) >= 11 is 5.89. The van der Waals surface area contributed by atoms with Crippen LogP contribution < -0.4 is 0 Å². The Kier molecular flexibility index (Phi) is 4.48. The van der Waals surface area contributed by atoms with Gasteiger partial charge in [0.05, 0.1) is 0 Å². The third kappa shape index (κ3) is 3.26. The average molecular weight is 223 g/mol. The van der Waals surface area contributed by atoms with E-state index < -0.39 is 8.32 Å². The Morgan fingerprint density at radius 2 is 1.54 bits per heavy atom. The highest BCUT2D eigenvalue weighted by atomic mass is 35.5. The van der Waals surface area contributed by atoms with Crippen molar-refractivity contribution in [1.29, 1.82) is 0 Å². The summed E-state index contributed by atoms with van der Waals surface area (Å²) in [4.78, 5) is 0. The molecule has 0 radical (unpaired) electrons.